The maximum atomic E-state index is 13.2. The molecule has 1 saturated heterocycles. The molecule has 0 bridgehead atoms. The molecule has 0 saturated carbocycles. The summed E-state index contributed by atoms with van der Waals surface area (Å²) in [6.07, 6.45) is 0. The molecule has 1 aromatic heterocycles. The molecule has 1 N–H and O–H groups in total. The molecule has 6 nitrogen and oxygen atoms in total. The third-order valence-corrected chi connectivity index (χ3v) is 5.33. The molecule has 144 valence electrons. The van der Waals surface area contributed by atoms with Gasteiger partial charge in [-0.15, -0.1) is 0 Å². The van der Waals surface area contributed by atoms with Crippen molar-refractivity contribution in [1.29, 1.82) is 0 Å². The predicted octanol–water partition coefficient (Wildman–Crippen LogP) is 3.52. The van der Waals surface area contributed by atoms with Gasteiger partial charge in [-0.1, -0.05) is 48.5 Å². The van der Waals surface area contributed by atoms with Crippen molar-refractivity contribution < 1.29 is 23.8 Å². The minimum absolute atomic E-state index is 0.150. The number of ether oxygens (including phenoxy) is 1. The number of methoxy groups -OCH3 is 1. The smallest absolute Gasteiger partial charge is 0.308 e. The van der Waals surface area contributed by atoms with Crippen molar-refractivity contribution in [2.24, 2.45) is 5.92 Å². The summed E-state index contributed by atoms with van der Waals surface area (Å²) in [5.74, 6) is -1.88. The Bertz CT molecular complexity index is 1010. The number of carbonyl (C=O) groups excluding carboxylic acids is 1. The number of aliphatic carboxylic acids is 1. The molecular weight excluding hydrogens is 358 g/mol. The summed E-state index contributed by atoms with van der Waals surface area (Å²) in [7, 11) is 1.57. The quantitative estimate of drug-likeness (QED) is 0.734. The number of para-hydroxylation sites is 1. The third kappa shape index (κ3) is 3.16. The van der Waals surface area contributed by atoms with Crippen LogP contribution in [-0.4, -0.2) is 42.1 Å². The van der Waals surface area contributed by atoms with Crippen molar-refractivity contribution in [2.45, 2.75) is 12.5 Å². The highest BCUT2D eigenvalue weighted by Crippen LogP contribution is 2.35. The minimum Gasteiger partial charge on any atom is -0.481 e. The number of fused-ring (bicyclic) bond motifs is 1. The Labute approximate surface area is 162 Å². The molecule has 1 fully saturated rings. The van der Waals surface area contributed by atoms with E-state index >= 15 is 0 Å². The van der Waals surface area contributed by atoms with Crippen molar-refractivity contribution in [1.82, 2.24) is 4.90 Å². The zero-order chi connectivity index (χ0) is 19.7. The fourth-order valence-electron chi connectivity index (χ4n) is 3.96. The van der Waals surface area contributed by atoms with Gasteiger partial charge in [-0.3, -0.25) is 9.59 Å². The van der Waals surface area contributed by atoms with Crippen LogP contribution in [0.2, 0.25) is 0 Å². The Morgan fingerprint density at radius 1 is 1.11 bits per heavy atom. The highest BCUT2D eigenvalue weighted by Gasteiger charge is 2.41. The molecule has 1 aliphatic rings. The van der Waals surface area contributed by atoms with Crippen molar-refractivity contribution in [3.63, 3.8) is 0 Å². The molecule has 1 aliphatic heterocycles. The van der Waals surface area contributed by atoms with Crippen LogP contribution in [0.4, 0.5) is 0 Å². The second-order valence-corrected chi connectivity index (χ2v) is 7.01. The van der Waals surface area contributed by atoms with Gasteiger partial charge in [-0.05, 0) is 11.6 Å². The number of carbonyl (C=O) groups is 2. The van der Waals surface area contributed by atoms with Gasteiger partial charge in [0.1, 0.15) is 5.58 Å². The summed E-state index contributed by atoms with van der Waals surface area (Å²) in [6.45, 7) is 0.733. The lowest BCUT2D eigenvalue weighted by Gasteiger charge is -2.16. The topological polar surface area (TPSA) is 80.0 Å². The van der Waals surface area contributed by atoms with Crippen molar-refractivity contribution in [2.75, 3.05) is 20.2 Å². The largest absolute Gasteiger partial charge is 0.481 e. The van der Waals surface area contributed by atoms with Gasteiger partial charge in [0.2, 0.25) is 0 Å². The number of carboxylic acid groups (broad SMARTS) is 1. The van der Waals surface area contributed by atoms with Gasteiger partial charge in [-0.2, -0.15) is 0 Å². The Morgan fingerprint density at radius 3 is 2.54 bits per heavy atom. The molecule has 4 rings (SSSR count). The van der Waals surface area contributed by atoms with E-state index in [2.05, 4.69) is 0 Å². The molecule has 0 spiro atoms. The molecule has 6 heteroatoms. The average molecular weight is 379 g/mol. The van der Waals surface area contributed by atoms with Crippen LogP contribution >= 0.6 is 0 Å². The molecule has 2 unspecified atom stereocenters. The third-order valence-electron chi connectivity index (χ3n) is 5.33. The van der Waals surface area contributed by atoms with Gasteiger partial charge < -0.3 is 19.2 Å². The van der Waals surface area contributed by atoms with E-state index in [9.17, 15) is 14.7 Å². The maximum Gasteiger partial charge on any atom is 0.308 e. The molecule has 1 amide bonds. The zero-order valence-corrected chi connectivity index (χ0v) is 15.5. The van der Waals surface area contributed by atoms with Crippen molar-refractivity contribution in [3.05, 3.63) is 71.5 Å². The molecular formula is C22H21NO5. The van der Waals surface area contributed by atoms with Crippen LogP contribution in [0, 0.1) is 5.92 Å². The number of likely N-dealkylation sites (tertiary alicyclic amines) is 1. The van der Waals surface area contributed by atoms with Gasteiger partial charge >= 0.3 is 5.97 Å². The van der Waals surface area contributed by atoms with E-state index in [-0.39, 0.29) is 30.7 Å². The number of hydrogen-bond donors (Lipinski definition) is 1. The van der Waals surface area contributed by atoms with E-state index in [0.717, 1.165) is 10.9 Å². The summed E-state index contributed by atoms with van der Waals surface area (Å²) >= 11 is 0. The average Bonchev–Trinajstić information content (AvgIpc) is 3.31. The van der Waals surface area contributed by atoms with Crippen molar-refractivity contribution in [3.8, 4) is 0 Å². The van der Waals surface area contributed by atoms with E-state index in [1.165, 1.54) is 0 Å². The second kappa shape index (κ2) is 7.48. The number of furan rings is 1. The maximum absolute atomic E-state index is 13.2. The van der Waals surface area contributed by atoms with E-state index in [1.807, 2.05) is 54.6 Å². The summed E-state index contributed by atoms with van der Waals surface area (Å²) in [5, 5.41) is 10.5. The standard InChI is InChI=1S/C22H21NO5/c1-27-13-18-15-9-5-6-10-19(15)28-20(18)21(24)23-11-16(17(12-23)22(25)26)14-7-3-2-4-8-14/h2-10,16-17H,11-13H2,1H3,(H,25,26). The fourth-order valence-corrected chi connectivity index (χ4v) is 3.96. The molecule has 2 heterocycles. The Balaban J connectivity index is 1.68. The lowest BCUT2D eigenvalue weighted by atomic mass is 9.89. The number of hydrogen-bond acceptors (Lipinski definition) is 4. The van der Waals surface area contributed by atoms with Crippen molar-refractivity contribution >= 4 is 22.8 Å². The molecule has 28 heavy (non-hydrogen) atoms. The van der Waals surface area contributed by atoms with Crippen LogP contribution in [0.25, 0.3) is 11.0 Å². The molecule has 3 aromatic rings. The summed E-state index contributed by atoms with van der Waals surface area (Å²) < 4.78 is 11.1. The molecule has 0 radical (unpaired) electrons. The monoisotopic (exact) mass is 379 g/mol. The first-order chi connectivity index (χ1) is 13.6. The van der Waals surface area contributed by atoms with Crippen LogP contribution in [0.5, 0.6) is 0 Å². The highest BCUT2D eigenvalue weighted by atomic mass is 16.5. The first-order valence-corrected chi connectivity index (χ1v) is 9.16. The normalized spacial score (nSPS) is 19.2. The van der Waals surface area contributed by atoms with E-state index in [1.54, 1.807) is 12.0 Å². The Hall–Kier alpha value is -3.12. The van der Waals surface area contributed by atoms with E-state index in [0.29, 0.717) is 17.7 Å². The summed E-state index contributed by atoms with van der Waals surface area (Å²) in [4.78, 5) is 26.6. The number of rotatable bonds is 5. The number of carboxylic acids is 1. The van der Waals surface area contributed by atoms with Gasteiger partial charge in [0.25, 0.3) is 5.91 Å². The number of amides is 1. The minimum atomic E-state index is -0.897. The Morgan fingerprint density at radius 2 is 1.82 bits per heavy atom. The predicted molar refractivity (Wildman–Crippen MR) is 103 cm³/mol. The molecule has 2 aromatic carbocycles. The molecule has 2 atom stereocenters. The lowest BCUT2D eigenvalue weighted by Crippen LogP contribution is -2.30. The summed E-state index contributed by atoms with van der Waals surface area (Å²) in [6, 6.07) is 16.9. The highest BCUT2D eigenvalue weighted by molar-refractivity contribution is 5.99. The second-order valence-electron chi connectivity index (χ2n) is 7.01. The Kier molecular flexibility index (Phi) is 4.88. The van der Waals surface area contributed by atoms with E-state index < -0.39 is 11.9 Å². The van der Waals surface area contributed by atoms with Gasteiger partial charge in [0.15, 0.2) is 5.76 Å². The number of nitrogens with zero attached hydrogens (tertiary/aromatic N) is 1. The van der Waals surface area contributed by atoms with Gasteiger partial charge in [0, 0.05) is 37.1 Å². The van der Waals surface area contributed by atoms with Crippen LogP contribution in [-0.2, 0) is 16.1 Å². The first-order valence-electron chi connectivity index (χ1n) is 9.16. The van der Waals surface area contributed by atoms with Crippen LogP contribution < -0.4 is 0 Å². The lowest BCUT2D eigenvalue weighted by molar-refractivity contribution is -0.141. The fraction of sp³-hybridized carbons (Fsp3) is 0.273. The van der Waals surface area contributed by atoms with Gasteiger partial charge in [-0.25, -0.2) is 0 Å². The number of benzene rings is 2. The van der Waals surface area contributed by atoms with E-state index in [4.69, 9.17) is 9.15 Å². The van der Waals surface area contributed by atoms with Crippen LogP contribution in [0.3, 0.4) is 0 Å². The first kappa shape index (κ1) is 18.3. The van der Waals surface area contributed by atoms with Crippen LogP contribution in [0.1, 0.15) is 27.6 Å². The van der Waals surface area contributed by atoms with Gasteiger partial charge in [0.05, 0.1) is 12.5 Å². The molecule has 0 aliphatic carbocycles. The summed E-state index contributed by atoms with van der Waals surface area (Å²) in [5.41, 5.74) is 2.23. The van der Waals surface area contributed by atoms with Crippen LogP contribution in [0.15, 0.2) is 59.0 Å². The SMILES string of the molecule is COCc1c(C(=O)N2CC(C(=O)O)C(c3ccccc3)C2)oc2ccccc12. The zero-order valence-electron chi connectivity index (χ0n) is 15.5.